The molecule has 0 bridgehead atoms. The summed E-state index contributed by atoms with van der Waals surface area (Å²) >= 11 is 0. The molecule has 0 amide bonds. The van der Waals surface area contributed by atoms with Gasteiger partial charge >= 0.3 is 0 Å². The van der Waals surface area contributed by atoms with E-state index in [1.807, 2.05) is 17.7 Å². The Hall–Kier alpha value is -0.870. The fourth-order valence-corrected chi connectivity index (χ4v) is 1.80. The van der Waals surface area contributed by atoms with Gasteiger partial charge in [0.05, 0.1) is 12.1 Å². The Bertz CT molecular complexity index is 319. The molecule has 0 aliphatic heterocycles. The molecule has 0 radical (unpaired) electrons. The number of aromatic nitrogens is 2. The van der Waals surface area contributed by atoms with Crippen LogP contribution in [0.3, 0.4) is 0 Å². The molecule has 1 atom stereocenters. The number of nitrogens with two attached hydrogens (primary N) is 1. The smallest absolute Gasteiger partial charge is 0.0992 e. The molecule has 1 unspecified atom stereocenters. The number of hydrogen-bond donors (Lipinski definition) is 2. The van der Waals surface area contributed by atoms with Gasteiger partial charge in [-0.15, -0.1) is 0 Å². The quantitative estimate of drug-likeness (QED) is 0.726. The molecule has 14 heavy (non-hydrogen) atoms. The average Bonchev–Trinajstić information content (AvgIpc) is 2.95. The van der Waals surface area contributed by atoms with Crippen LogP contribution in [0.25, 0.3) is 0 Å². The summed E-state index contributed by atoms with van der Waals surface area (Å²) in [6, 6.07) is 1.93. The molecule has 0 spiro atoms. The van der Waals surface area contributed by atoms with E-state index in [0.717, 1.165) is 18.5 Å². The van der Waals surface area contributed by atoms with Crippen molar-refractivity contribution in [2.24, 2.45) is 11.7 Å². The highest BCUT2D eigenvalue weighted by Gasteiger charge is 2.43. The summed E-state index contributed by atoms with van der Waals surface area (Å²) in [4.78, 5) is 0. The maximum atomic E-state index is 10.3. The highest BCUT2D eigenvalue weighted by molar-refractivity contribution is 5.01. The van der Waals surface area contributed by atoms with Crippen LogP contribution in [0.2, 0.25) is 0 Å². The maximum absolute atomic E-state index is 10.3. The molecule has 4 heteroatoms. The molecule has 1 aromatic heterocycles. The minimum absolute atomic E-state index is 0.316. The van der Waals surface area contributed by atoms with E-state index in [1.54, 1.807) is 6.20 Å². The van der Waals surface area contributed by atoms with E-state index in [9.17, 15) is 5.11 Å². The van der Waals surface area contributed by atoms with Gasteiger partial charge in [-0.2, -0.15) is 5.10 Å². The van der Waals surface area contributed by atoms with Gasteiger partial charge in [-0.3, -0.25) is 4.68 Å². The zero-order valence-electron chi connectivity index (χ0n) is 8.48. The van der Waals surface area contributed by atoms with E-state index in [1.165, 1.54) is 0 Å². The molecule has 1 heterocycles. The fourth-order valence-electron chi connectivity index (χ4n) is 1.80. The number of hydrogen-bond acceptors (Lipinski definition) is 3. The Morgan fingerprint density at radius 1 is 1.71 bits per heavy atom. The molecular weight excluding hydrogens is 178 g/mol. The van der Waals surface area contributed by atoms with Gasteiger partial charge in [0.2, 0.25) is 0 Å². The lowest BCUT2D eigenvalue weighted by atomic mass is 9.98. The summed E-state index contributed by atoms with van der Waals surface area (Å²) in [5.41, 5.74) is 5.94. The largest absolute Gasteiger partial charge is 0.386 e. The topological polar surface area (TPSA) is 64.1 Å². The SMILES string of the molecule is Cc1ccnn1CC(O)(CN)C1CC1. The highest BCUT2D eigenvalue weighted by atomic mass is 16.3. The van der Waals surface area contributed by atoms with E-state index in [2.05, 4.69) is 5.10 Å². The summed E-state index contributed by atoms with van der Waals surface area (Å²) in [7, 11) is 0. The van der Waals surface area contributed by atoms with Crippen LogP contribution in [0.15, 0.2) is 12.3 Å². The van der Waals surface area contributed by atoms with Crippen LogP contribution >= 0.6 is 0 Å². The van der Waals surface area contributed by atoms with Gasteiger partial charge in [-0.1, -0.05) is 0 Å². The summed E-state index contributed by atoms with van der Waals surface area (Å²) in [5.74, 6) is 0.371. The lowest BCUT2D eigenvalue weighted by Crippen LogP contribution is -2.44. The van der Waals surface area contributed by atoms with Gasteiger partial charge in [0.1, 0.15) is 0 Å². The van der Waals surface area contributed by atoms with Gasteiger partial charge in [-0.25, -0.2) is 0 Å². The third-order valence-electron chi connectivity index (χ3n) is 3.04. The van der Waals surface area contributed by atoms with Gasteiger partial charge in [0.15, 0.2) is 0 Å². The second-order valence-electron chi connectivity index (χ2n) is 4.21. The third-order valence-corrected chi connectivity index (χ3v) is 3.04. The molecule has 1 aromatic rings. The molecule has 0 aromatic carbocycles. The van der Waals surface area contributed by atoms with E-state index in [0.29, 0.717) is 19.0 Å². The molecule has 0 saturated heterocycles. The van der Waals surface area contributed by atoms with Crippen LogP contribution in [0.1, 0.15) is 18.5 Å². The van der Waals surface area contributed by atoms with Crippen molar-refractivity contribution in [3.8, 4) is 0 Å². The molecule has 1 saturated carbocycles. The van der Waals surface area contributed by atoms with Crippen molar-refractivity contribution in [2.45, 2.75) is 31.9 Å². The highest BCUT2D eigenvalue weighted by Crippen LogP contribution is 2.40. The van der Waals surface area contributed by atoms with E-state index in [4.69, 9.17) is 5.73 Å². The first-order valence-electron chi connectivity index (χ1n) is 5.06. The summed E-state index contributed by atoms with van der Waals surface area (Å²) in [6.45, 7) is 2.82. The van der Waals surface area contributed by atoms with Crippen molar-refractivity contribution in [3.63, 3.8) is 0 Å². The van der Waals surface area contributed by atoms with Crippen LogP contribution < -0.4 is 5.73 Å². The van der Waals surface area contributed by atoms with E-state index in [-0.39, 0.29) is 0 Å². The normalized spacial score (nSPS) is 20.8. The first kappa shape index (κ1) is 9.68. The Labute approximate surface area is 83.7 Å². The monoisotopic (exact) mass is 195 g/mol. The van der Waals surface area contributed by atoms with Gasteiger partial charge in [-0.05, 0) is 31.7 Å². The molecule has 3 N–H and O–H groups in total. The molecular formula is C10H17N3O. The maximum Gasteiger partial charge on any atom is 0.0992 e. The molecule has 1 fully saturated rings. The molecule has 2 rings (SSSR count). The molecule has 4 nitrogen and oxygen atoms in total. The molecule has 1 aliphatic carbocycles. The zero-order valence-corrected chi connectivity index (χ0v) is 8.48. The van der Waals surface area contributed by atoms with E-state index < -0.39 is 5.60 Å². The van der Waals surface area contributed by atoms with Crippen LogP contribution in [0.4, 0.5) is 0 Å². The van der Waals surface area contributed by atoms with Crippen molar-refractivity contribution in [1.29, 1.82) is 0 Å². The molecule has 78 valence electrons. The Kier molecular flexibility index (Phi) is 2.33. The second kappa shape index (κ2) is 3.37. The predicted molar refractivity (Wildman–Crippen MR) is 53.7 cm³/mol. The van der Waals surface area contributed by atoms with Crippen LogP contribution in [0.5, 0.6) is 0 Å². The predicted octanol–water partition coefficient (Wildman–Crippen LogP) is 0.291. The van der Waals surface area contributed by atoms with Crippen molar-refractivity contribution in [3.05, 3.63) is 18.0 Å². The average molecular weight is 195 g/mol. The first-order valence-corrected chi connectivity index (χ1v) is 5.06. The Morgan fingerprint density at radius 3 is 2.86 bits per heavy atom. The summed E-state index contributed by atoms with van der Waals surface area (Å²) in [5, 5.41) is 14.4. The number of nitrogens with zero attached hydrogens (tertiary/aromatic N) is 2. The van der Waals surface area contributed by atoms with Crippen molar-refractivity contribution in [2.75, 3.05) is 6.54 Å². The van der Waals surface area contributed by atoms with Crippen LogP contribution in [-0.2, 0) is 6.54 Å². The Balaban J connectivity index is 2.11. The number of aliphatic hydroxyl groups is 1. The van der Waals surface area contributed by atoms with Crippen LogP contribution in [0, 0.1) is 12.8 Å². The lowest BCUT2D eigenvalue weighted by molar-refractivity contribution is 0.00573. The first-order chi connectivity index (χ1) is 6.65. The Morgan fingerprint density at radius 2 is 2.43 bits per heavy atom. The molecule has 1 aliphatic rings. The van der Waals surface area contributed by atoms with Gasteiger partial charge in [0, 0.05) is 18.4 Å². The van der Waals surface area contributed by atoms with Crippen molar-refractivity contribution >= 4 is 0 Å². The van der Waals surface area contributed by atoms with Crippen molar-refractivity contribution < 1.29 is 5.11 Å². The summed E-state index contributed by atoms with van der Waals surface area (Å²) in [6.07, 6.45) is 3.93. The number of rotatable bonds is 4. The minimum atomic E-state index is -0.753. The fraction of sp³-hybridized carbons (Fsp3) is 0.700. The summed E-state index contributed by atoms with van der Waals surface area (Å²) < 4.78 is 1.82. The van der Waals surface area contributed by atoms with Crippen molar-refractivity contribution in [1.82, 2.24) is 9.78 Å². The zero-order chi connectivity index (χ0) is 10.2. The standard InChI is InChI=1S/C10H17N3O/c1-8-4-5-12-13(8)7-10(14,6-11)9-2-3-9/h4-5,9,14H,2-3,6-7,11H2,1H3. The lowest BCUT2D eigenvalue weighted by Gasteiger charge is -2.26. The number of aryl methyl sites for hydroxylation is 1. The van der Waals surface area contributed by atoms with Gasteiger partial charge < -0.3 is 10.8 Å². The second-order valence-corrected chi connectivity index (χ2v) is 4.21. The third kappa shape index (κ3) is 1.67. The minimum Gasteiger partial charge on any atom is -0.386 e. The van der Waals surface area contributed by atoms with Crippen LogP contribution in [-0.4, -0.2) is 27.0 Å². The van der Waals surface area contributed by atoms with Gasteiger partial charge in [0.25, 0.3) is 0 Å². The van der Waals surface area contributed by atoms with E-state index >= 15 is 0 Å².